The molecule has 0 fully saturated rings. The number of carbonyl (C=O) groups is 2. The predicted molar refractivity (Wildman–Crippen MR) is 166 cm³/mol. The SMILES string of the molecule is COc1ccccc1NC(=O)COc1ccc(/C=N\NC(=O)CN(c2cccc(C)c2C)S(=O)(=O)c2ccccc2)cc1. The smallest absolute Gasteiger partial charge is 0.264 e. The fraction of sp³-hybridized carbons (Fsp3) is 0.156. The number of nitrogens with zero attached hydrogens (tertiary/aromatic N) is 2. The van der Waals surface area contributed by atoms with Gasteiger partial charge in [0.05, 0.1) is 29.6 Å². The molecule has 0 unspecified atom stereocenters. The third kappa shape index (κ3) is 7.98. The maximum absolute atomic E-state index is 13.5. The summed E-state index contributed by atoms with van der Waals surface area (Å²) in [5.74, 6) is 0.0498. The quantitative estimate of drug-likeness (QED) is 0.180. The number of hydrazone groups is 1. The number of sulfonamides is 1. The number of hydrogen-bond acceptors (Lipinski definition) is 7. The van der Waals surface area contributed by atoms with Gasteiger partial charge >= 0.3 is 0 Å². The first-order valence-electron chi connectivity index (χ1n) is 13.3. The molecule has 4 aromatic rings. The van der Waals surface area contributed by atoms with Crippen LogP contribution in [0.4, 0.5) is 11.4 Å². The summed E-state index contributed by atoms with van der Waals surface area (Å²) in [6, 6.07) is 27.1. The molecule has 222 valence electrons. The molecule has 0 bridgehead atoms. The summed E-state index contributed by atoms with van der Waals surface area (Å²) >= 11 is 0. The van der Waals surface area contributed by atoms with Crippen LogP contribution in [0.2, 0.25) is 0 Å². The zero-order valence-electron chi connectivity index (χ0n) is 24.0. The Kier molecular flexibility index (Phi) is 10.1. The molecule has 0 aliphatic rings. The molecule has 0 saturated heterocycles. The summed E-state index contributed by atoms with van der Waals surface area (Å²) in [5, 5.41) is 6.73. The molecule has 0 aromatic heterocycles. The van der Waals surface area contributed by atoms with Gasteiger partial charge in [0.25, 0.3) is 21.8 Å². The number of ether oxygens (including phenoxy) is 2. The number of methoxy groups -OCH3 is 1. The number of para-hydroxylation sites is 2. The normalized spacial score (nSPS) is 11.1. The van der Waals surface area contributed by atoms with Crippen molar-refractivity contribution in [1.29, 1.82) is 0 Å². The number of hydrogen-bond donors (Lipinski definition) is 2. The van der Waals surface area contributed by atoms with E-state index in [-0.39, 0.29) is 17.4 Å². The van der Waals surface area contributed by atoms with Crippen molar-refractivity contribution in [2.75, 3.05) is 29.9 Å². The molecular weight excluding hydrogens is 568 g/mol. The van der Waals surface area contributed by atoms with E-state index in [4.69, 9.17) is 9.47 Å². The first kappa shape index (κ1) is 30.8. The third-order valence-corrected chi connectivity index (χ3v) is 8.27. The summed E-state index contributed by atoms with van der Waals surface area (Å²) < 4.78 is 38.9. The lowest BCUT2D eigenvalue weighted by Gasteiger charge is -2.26. The second-order valence-corrected chi connectivity index (χ2v) is 11.3. The zero-order chi connectivity index (χ0) is 30.8. The van der Waals surface area contributed by atoms with Gasteiger partial charge in [-0.3, -0.25) is 13.9 Å². The van der Waals surface area contributed by atoms with E-state index in [1.165, 1.54) is 25.5 Å². The number of amides is 2. The molecule has 4 aromatic carbocycles. The van der Waals surface area contributed by atoms with Gasteiger partial charge in [0.2, 0.25) is 0 Å². The second-order valence-electron chi connectivity index (χ2n) is 9.44. The molecule has 0 spiro atoms. The van der Waals surface area contributed by atoms with Gasteiger partial charge < -0.3 is 14.8 Å². The van der Waals surface area contributed by atoms with Crippen molar-refractivity contribution in [3.63, 3.8) is 0 Å². The van der Waals surface area contributed by atoms with Crippen molar-refractivity contribution in [1.82, 2.24) is 5.43 Å². The maximum atomic E-state index is 13.5. The molecule has 0 saturated carbocycles. The van der Waals surface area contributed by atoms with Crippen LogP contribution in [0.25, 0.3) is 0 Å². The van der Waals surface area contributed by atoms with E-state index in [0.29, 0.717) is 28.4 Å². The molecule has 2 N–H and O–H groups in total. The molecule has 11 heteroatoms. The Labute approximate surface area is 251 Å². The Morgan fingerprint density at radius 3 is 2.28 bits per heavy atom. The van der Waals surface area contributed by atoms with Gasteiger partial charge in [-0.2, -0.15) is 5.10 Å². The molecule has 4 rings (SSSR count). The number of anilines is 2. The van der Waals surface area contributed by atoms with E-state index in [2.05, 4.69) is 15.8 Å². The number of carbonyl (C=O) groups excluding carboxylic acids is 2. The molecule has 43 heavy (non-hydrogen) atoms. The predicted octanol–water partition coefficient (Wildman–Crippen LogP) is 4.68. The minimum Gasteiger partial charge on any atom is -0.495 e. The van der Waals surface area contributed by atoms with Crippen LogP contribution in [0.5, 0.6) is 11.5 Å². The van der Waals surface area contributed by atoms with Crippen LogP contribution in [-0.2, 0) is 19.6 Å². The van der Waals surface area contributed by atoms with E-state index in [1.807, 2.05) is 19.9 Å². The Hall–Kier alpha value is -5.16. The van der Waals surface area contributed by atoms with Crippen molar-refractivity contribution in [2.45, 2.75) is 18.7 Å². The summed E-state index contributed by atoms with van der Waals surface area (Å²) in [6.45, 7) is 3.02. The summed E-state index contributed by atoms with van der Waals surface area (Å²) in [4.78, 5) is 25.2. The van der Waals surface area contributed by atoms with Gasteiger partial charge in [0, 0.05) is 0 Å². The summed E-state index contributed by atoms with van der Waals surface area (Å²) in [6.07, 6.45) is 1.42. The molecule has 0 aliphatic heterocycles. The van der Waals surface area contributed by atoms with Crippen LogP contribution in [0.1, 0.15) is 16.7 Å². The number of nitrogens with one attached hydrogen (secondary N) is 2. The molecule has 0 heterocycles. The first-order valence-corrected chi connectivity index (χ1v) is 14.7. The van der Waals surface area contributed by atoms with Crippen molar-refractivity contribution in [3.05, 3.63) is 114 Å². The van der Waals surface area contributed by atoms with E-state index in [1.54, 1.807) is 78.9 Å². The van der Waals surface area contributed by atoms with Gasteiger partial charge in [-0.05, 0) is 85.1 Å². The van der Waals surface area contributed by atoms with Gasteiger partial charge in [-0.1, -0.05) is 42.5 Å². The number of aryl methyl sites for hydroxylation is 1. The molecule has 0 radical (unpaired) electrons. The average molecular weight is 601 g/mol. The molecule has 10 nitrogen and oxygen atoms in total. The Balaban J connectivity index is 1.36. The van der Waals surface area contributed by atoms with Gasteiger partial charge in [0.1, 0.15) is 18.0 Å². The highest BCUT2D eigenvalue weighted by Crippen LogP contribution is 2.28. The minimum absolute atomic E-state index is 0.0757. The second kappa shape index (κ2) is 14.1. The Morgan fingerprint density at radius 2 is 1.56 bits per heavy atom. The van der Waals surface area contributed by atoms with Crippen molar-refractivity contribution >= 4 is 39.4 Å². The lowest BCUT2D eigenvalue weighted by molar-refractivity contribution is -0.119. The zero-order valence-corrected chi connectivity index (χ0v) is 24.8. The van der Waals surface area contributed by atoms with Crippen LogP contribution in [0, 0.1) is 13.8 Å². The highest BCUT2D eigenvalue weighted by molar-refractivity contribution is 7.92. The molecular formula is C32H32N4O6S. The average Bonchev–Trinajstić information content (AvgIpc) is 3.01. The maximum Gasteiger partial charge on any atom is 0.264 e. The van der Waals surface area contributed by atoms with Crippen LogP contribution >= 0.6 is 0 Å². The largest absolute Gasteiger partial charge is 0.495 e. The fourth-order valence-corrected chi connectivity index (χ4v) is 5.60. The molecule has 0 atom stereocenters. The van der Waals surface area contributed by atoms with Gasteiger partial charge in [0.15, 0.2) is 6.61 Å². The highest BCUT2D eigenvalue weighted by Gasteiger charge is 2.28. The van der Waals surface area contributed by atoms with E-state index in [9.17, 15) is 18.0 Å². The highest BCUT2D eigenvalue weighted by atomic mass is 32.2. The van der Waals surface area contributed by atoms with Gasteiger partial charge in [-0.25, -0.2) is 13.8 Å². The number of benzene rings is 4. The van der Waals surface area contributed by atoms with Crippen LogP contribution in [0.3, 0.4) is 0 Å². The Bertz CT molecular complexity index is 1710. The monoisotopic (exact) mass is 600 g/mol. The minimum atomic E-state index is -4.03. The number of rotatable bonds is 12. The van der Waals surface area contributed by atoms with E-state index >= 15 is 0 Å². The molecule has 2 amide bonds. The van der Waals surface area contributed by atoms with Crippen LogP contribution in [-0.4, -0.2) is 46.7 Å². The van der Waals surface area contributed by atoms with Gasteiger partial charge in [-0.15, -0.1) is 0 Å². The lowest BCUT2D eigenvalue weighted by atomic mass is 10.1. The third-order valence-electron chi connectivity index (χ3n) is 6.50. The van der Waals surface area contributed by atoms with E-state index in [0.717, 1.165) is 15.4 Å². The lowest BCUT2D eigenvalue weighted by Crippen LogP contribution is -2.40. The molecule has 0 aliphatic carbocycles. The fourth-order valence-electron chi connectivity index (χ4n) is 4.10. The first-order chi connectivity index (χ1) is 20.7. The van der Waals surface area contributed by atoms with Crippen LogP contribution < -0.4 is 24.5 Å². The van der Waals surface area contributed by atoms with Crippen molar-refractivity contribution in [2.24, 2.45) is 5.10 Å². The topological polar surface area (TPSA) is 126 Å². The standard InChI is InChI=1S/C32H32N4O6S/c1-23-10-9-14-29(24(23)2)36(43(39,40)27-11-5-4-6-12-27)21-31(37)35-33-20-25-16-18-26(19-17-25)42-22-32(38)34-28-13-7-8-15-30(28)41-3/h4-20H,21-22H2,1-3H3,(H,34,38)(H,35,37)/b33-20-. The van der Waals surface area contributed by atoms with Crippen LogP contribution in [0.15, 0.2) is 107 Å². The summed E-state index contributed by atoms with van der Waals surface area (Å²) in [5.41, 5.74) is 5.65. The Morgan fingerprint density at radius 1 is 0.860 bits per heavy atom. The van der Waals surface area contributed by atoms with Crippen molar-refractivity contribution in [3.8, 4) is 11.5 Å². The van der Waals surface area contributed by atoms with E-state index < -0.39 is 22.5 Å². The van der Waals surface area contributed by atoms with Crippen molar-refractivity contribution < 1.29 is 27.5 Å². The summed E-state index contributed by atoms with van der Waals surface area (Å²) in [7, 11) is -2.51.